The van der Waals surface area contributed by atoms with E-state index in [1.807, 2.05) is 54.6 Å². The van der Waals surface area contributed by atoms with Crippen LogP contribution in [-0.4, -0.2) is 21.8 Å². The molecule has 0 radical (unpaired) electrons. The summed E-state index contributed by atoms with van der Waals surface area (Å²) in [6.45, 7) is 0.334. The SMILES string of the molecule is O=C1/C(=C/c2ccccc2Br)SC(=S)N1CNc1ccccc1Br. The number of thiocarbonyl (C=S) groups is 1. The maximum absolute atomic E-state index is 12.6. The molecule has 3 nitrogen and oxygen atoms in total. The van der Waals surface area contributed by atoms with Gasteiger partial charge in [-0.2, -0.15) is 0 Å². The van der Waals surface area contributed by atoms with Crippen molar-refractivity contribution in [2.24, 2.45) is 0 Å². The van der Waals surface area contributed by atoms with Gasteiger partial charge in [0.05, 0.1) is 11.6 Å². The smallest absolute Gasteiger partial charge is 0.267 e. The van der Waals surface area contributed by atoms with E-state index in [0.717, 1.165) is 20.2 Å². The fourth-order valence-corrected chi connectivity index (χ4v) is 4.21. The van der Waals surface area contributed by atoms with Crippen molar-refractivity contribution < 1.29 is 4.79 Å². The van der Waals surface area contributed by atoms with E-state index in [1.165, 1.54) is 11.8 Å². The summed E-state index contributed by atoms with van der Waals surface area (Å²) in [5.74, 6) is -0.0830. The van der Waals surface area contributed by atoms with Gasteiger partial charge in [-0.1, -0.05) is 70.2 Å². The Morgan fingerprint density at radius 2 is 1.75 bits per heavy atom. The average Bonchev–Trinajstić information content (AvgIpc) is 2.83. The van der Waals surface area contributed by atoms with Gasteiger partial charge in [0.1, 0.15) is 4.32 Å². The molecule has 2 aromatic rings. The fraction of sp³-hybridized carbons (Fsp3) is 0.0588. The highest BCUT2D eigenvalue weighted by Crippen LogP contribution is 2.34. The predicted molar refractivity (Wildman–Crippen MR) is 112 cm³/mol. The van der Waals surface area contributed by atoms with E-state index >= 15 is 0 Å². The van der Waals surface area contributed by atoms with Crippen LogP contribution in [0, 0.1) is 0 Å². The number of carbonyl (C=O) groups is 1. The quantitative estimate of drug-likeness (QED) is 0.460. The number of para-hydroxylation sites is 1. The Morgan fingerprint density at radius 1 is 1.08 bits per heavy atom. The molecule has 24 heavy (non-hydrogen) atoms. The largest absolute Gasteiger partial charge is 0.366 e. The number of carbonyl (C=O) groups excluding carboxylic acids is 1. The van der Waals surface area contributed by atoms with Crippen LogP contribution in [0.3, 0.4) is 0 Å². The summed E-state index contributed by atoms with van der Waals surface area (Å²) >= 11 is 13.7. The Balaban J connectivity index is 1.75. The monoisotopic (exact) mass is 482 g/mol. The van der Waals surface area contributed by atoms with Gasteiger partial charge in [0.15, 0.2) is 0 Å². The average molecular weight is 484 g/mol. The minimum atomic E-state index is -0.0830. The molecule has 0 unspecified atom stereocenters. The number of hydrogen-bond acceptors (Lipinski definition) is 4. The highest BCUT2D eigenvalue weighted by molar-refractivity contribution is 9.11. The summed E-state index contributed by atoms with van der Waals surface area (Å²) in [6, 6.07) is 15.5. The van der Waals surface area contributed by atoms with Crippen LogP contribution in [0.1, 0.15) is 5.56 Å². The first-order valence-corrected chi connectivity index (χ1v) is 9.85. The first kappa shape index (κ1) is 17.7. The first-order valence-electron chi connectivity index (χ1n) is 7.04. The summed E-state index contributed by atoms with van der Waals surface area (Å²) in [5.41, 5.74) is 1.87. The van der Waals surface area contributed by atoms with E-state index in [4.69, 9.17) is 12.2 Å². The van der Waals surface area contributed by atoms with E-state index in [-0.39, 0.29) is 5.91 Å². The molecule has 7 heteroatoms. The zero-order valence-corrected chi connectivity index (χ0v) is 17.1. The van der Waals surface area contributed by atoms with E-state index in [9.17, 15) is 4.79 Å². The van der Waals surface area contributed by atoms with Crippen LogP contribution in [-0.2, 0) is 4.79 Å². The van der Waals surface area contributed by atoms with Gasteiger partial charge in [0.25, 0.3) is 5.91 Å². The maximum Gasteiger partial charge on any atom is 0.267 e. The van der Waals surface area contributed by atoms with Crippen LogP contribution in [0.25, 0.3) is 6.08 Å². The molecule has 1 fully saturated rings. The van der Waals surface area contributed by atoms with Gasteiger partial charge in [-0.05, 0) is 45.8 Å². The summed E-state index contributed by atoms with van der Waals surface area (Å²) in [5, 5.41) is 3.23. The third-order valence-electron chi connectivity index (χ3n) is 3.37. The molecule has 1 aliphatic rings. The Morgan fingerprint density at radius 3 is 2.46 bits per heavy atom. The molecule has 1 amide bonds. The van der Waals surface area contributed by atoms with Gasteiger partial charge >= 0.3 is 0 Å². The lowest BCUT2D eigenvalue weighted by Gasteiger charge is -2.16. The molecular formula is C17H12Br2N2OS2. The van der Waals surface area contributed by atoms with Gasteiger partial charge in [-0.15, -0.1) is 0 Å². The molecule has 0 atom stereocenters. The molecule has 1 heterocycles. The van der Waals surface area contributed by atoms with Crippen LogP contribution in [0.4, 0.5) is 5.69 Å². The van der Waals surface area contributed by atoms with E-state index in [1.54, 1.807) is 4.90 Å². The van der Waals surface area contributed by atoms with E-state index < -0.39 is 0 Å². The lowest BCUT2D eigenvalue weighted by atomic mass is 10.2. The number of nitrogens with zero attached hydrogens (tertiary/aromatic N) is 1. The van der Waals surface area contributed by atoms with E-state index in [0.29, 0.717) is 15.9 Å². The molecule has 0 aliphatic carbocycles. The number of nitrogens with one attached hydrogen (secondary N) is 1. The normalized spacial score (nSPS) is 16.1. The number of anilines is 1. The number of benzene rings is 2. The maximum atomic E-state index is 12.6. The molecule has 0 aromatic heterocycles. The minimum absolute atomic E-state index is 0.0830. The van der Waals surface area contributed by atoms with Gasteiger partial charge in [-0.25, -0.2) is 0 Å². The van der Waals surface area contributed by atoms with E-state index in [2.05, 4.69) is 37.2 Å². The molecule has 0 saturated carbocycles. The van der Waals surface area contributed by atoms with Crippen molar-refractivity contribution in [3.63, 3.8) is 0 Å². The molecule has 0 bridgehead atoms. The second kappa shape index (κ2) is 7.82. The third-order valence-corrected chi connectivity index (χ3v) is 6.16. The highest BCUT2D eigenvalue weighted by Gasteiger charge is 2.31. The van der Waals surface area contributed by atoms with Crippen molar-refractivity contribution >= 4 is 77.8 Å². The zero-order chi connectivity index (χ0) is 17.1. The minimum Gasteiger partial charge on any atom is -0.366 e. The Kier molecular flexibility index (Phi) is 5.76. The zero-order valence-electron chi connectivity index (χ0n) is 12.3. The molecule has 122 valence electrons. The van der Waals surface area contributed by atoms with Crippen molar-refractivity contribution in [3.05, 3.63) is 67.9 Å². The molecule has 3 rings (SSSR count). The van der Waals surface area contributed by atoms with Crippen molar-refractivity contribution in [1.82, 2.24) is 4.90 Å². The van der Waals surface area contributed by atoms with Crippen LogP contribution < -0.4 is 5.32 Å². The highest BCUT2D eigenvalue weighted by atomic mass is 79.9. The third kappa shape index (κ3) is 3.91. The summed E-state index contributed by atoms with van der Waals surface area (Å²) < 4.78 is 2.44. The first-order chi connectivity index (χ1) is 11.6. The van der Waals surface area contributed by atoms with Crippen molar-refractivity contribution in [2.75, 3.05) is 12.0 Å². The number of rotatable bonds is 4. The van der Waals surface area contributed by atoms with Gasteiger partial charge < -0.3 is 5.32 Å². The lowest BCUT2D eigenvalue weighted by Crippen LogP contribution is -2.33. The van der Waals surface area contributed by atoms with Crippen LogP contribution in [0.5, 0.6) is 0 Å². The van der Waals surface area contributed by atoms with Crippen molar-refractivity contribution in [2.45, 2.75) is 0 Å². The Bertz CT molecular complexity index is 839. The molecule has 0 spiro atoms. The standard InChI is InChI=1S/C17H12Br2N2OS2/c18-12-6-2-1-5-11(12)9-15-16(22)21(17(23)24-15)10-20-14-8-4-3-7-13(14)19/h1-9,20H,10H2/b15-9-. The number of halogens is 2. The van der Waals surface area contributed by atoms with Crippen LogP contribution >= 0.6 is 55.8 Å². The van der Waals surface area contributed by atoms with Crippen LogP contribution in [0.2, 0.25) is 0 Å². The van der Waals surface area contributed by atoms with Crippen molar-refractivity contribution in [1.29, 1.82) is 0 Å². The lowest BCUT2D eigenvalue weighted by molar-refractivity contribution is -0.121. The number of amides is 1. The number of thioether (sulfide) groups is 1. The summed E-state index contributed by atoms with van der Waals surface area (Å²) in [7, 11) is 0. The van der Waals surface area contributed by atoms with Gasteiger partial charge in [0.2, 0.25) is 0 Å². The van der Waals surface area contributed by atoms with Gasteiger partial charge in [-0.3, -0.25) is 9.69 Å². The summed E-state index contributed by atoms with van der Waals surface area (Å²) in [4.78, 5) is 14.8. The fourth-order valence-electron chi connectivity index (χ4n) is 2.14. The summed E-state index contributed by atoms with van der Waals surface area (Å²) in [6.07, 6.45) is 1.86. The second-order valence-corrected chi connectivity index (χ2v) is 8.33. The molecule has 1 saturated heterocycles. The van der Waals surface area contributed by atoms with Crippen LogP contribution in [0.15, 0.2) is 62.4 Å². The number of hydrogen-bond donors (Lipinski definition) is 1. The molecule has 1 N–H and O–H groups in total. The molecular weight excluding hydrogens is 472 g/mol. The second-order valence-electron chi connectivity index (χ2n) is 4.95. The molecule has 1 aliphatic heterocycles. The topological polar surface area (TPSA) is 32.3 Å². The Labute approximate surface area is 166 Å². The Hall–Kier alpha value is -1.15. The molecule has 2 aromatic carbocycles. The predicted octanol–water partition coefficient (Wildman–Crippen LogP) is 5.48. The van der Waals surface area contributed by atoms with Gasteiger partial charge in [0, 0.05) is 14.6 Å². The van der Waals surface area contributed by atoms with Crippen molar-refractivity contribution in [3.8, 4) is 0 Å².